The van der Waals surface area contributed by atoms with E-state index in [0.717, 1.165) is 12.1 Å². The lowest BCUT2D eigenvalue weighted by atomic mass is 9.67. The van der Waals surface area contributed by atoms with Crippen molar-refractivity contribution >= 4 is 0 Å². The highest BCUT2D eigenvalue weighted by Crippen LogP contribution is 2.42. The molecular formula is C15H22FN. The zero-order valence-corrected chi connectivity index (χ0v) is 11.0. The topological polar surface area (TPSA) is 12.0 Å². The number of benzene rings is 1. The monoisotopic (exact) mass is 235 g/mol. The molecule has 2 heteroatoms. The van der Waals surface area contributed by atoms with Crippen LogP contribution < -0.4 is 5.32 Å². The maximum atomic E-state index is 13.2. The molecule has 1 saturated carbocycles. The molecule has 1 fully saturated rings. The second-order valence-corrected chi connectivity index (χ2v) is 5.27. The van der Waals surface area contributed by atoms with Gasteiger partial charge in [-0.3, -0.25) is 0 Å². The van der Waals surface area contributed by atoms with E-state index in [-0.39, 0.29) is 5.82 Å². The summed E-state index contributed by atoms with van der Waals surface area (Å²) in [5.41, 5.74) is 2.06. The Bertz CT molecular complexity index is 389. The van der Waals surface area contributed by atoms with Crippen LogP contribution in [0.5, 0.6) is 0 Å². The van der Waals surface area contributed by atoms with E-state index in [1.165, 1.54) is 18.4 Å². The first-order valence-electron chi connectivity index (χ1n) is 6.63. The molecule has 1 aromatic rings. The summed E-state index contributed by atoms with van der Waals surface area (Å²) in [6.45, 7) is 7.43. The normalized spacial score (nSPS) is 27.9. The molecule has 0 aliphatic heterocycles. The Morgan fingerprint density at radius 2 is 2.18 bits per heavy atom. The van der Waals surface area contributed by atoms with Crippen molar-refractivity contribution in [3.63, 3.8) is 0 Å². The van der Waals surface area contributed by atoms with Gasteiger partial charge in [-0.2, -0.15) is 0 Å². The van der Waals surface area contributed by atoms with Crippen molar-refractivity contribution < 1.29 is 4.39 Å². The SMILES string of the molecule is CCCNC1CC(c2ccc(F)c(C)c2)C1C. The van der Waals surface area contributed by atoms with Gasteiger partial charge in [-0.1, -0.05) is 26.0 Å². The van der Waals surface area contributed by atoms with Crippen molar-refractivity contribution in [1.82, 2.24) is 5.32 Å². The van der Waals surface area contributed by atoms with E-state index in [1.807, 2.05) is 19.1 Å². The van der Waals surface area contributed by atoms with Gasteiger partial charge in [0.2, 0.25) is 0 Å². The molecule has 2 rings (SSSR count). The molecule has 1 nitrogen and oxygen atoms in total. The number of halogens is 1. The molecule has 0 spiro atoms. The van der Waals surface area contributed by atoms with E-state index in [1.54, 1.807) is 6.07 Å². The molecule has 0 saturated heterocycles. The first kappa shape index (κ1) is 12.6. The number of aryl methyl sites for hydroxylation is 1. The summed E-state index contributed by atoms with van der Waals surface area (Å²) in [6.07, 6.45) is 2.37. The van der Waals surface area contributed by atoms with E-state index >= 15 is 0 Å². The lowest BCUT2D eigenvalue weighted by Gasteiger charge is -2.44. The predicted octanol–water partition coefficient (Wildman–Crippen LogP) is 3.63. The van der Waals surface area contributed by atoms with Gasteiger partial charge in [0.25, 0.3) is 0 Å². The summed E-state index contributed by atoms with van der Waals surface area (Å²) in [6, 6.07) is 6.20. The van der Waals surface area contributed by atoms with Crippen LogP contribution in [0.1, 0.15) is 43.7 Å². The zero-order chi connectivity index (χ0) is 12.4. The van der Waals surface area contributed by atoms with Gasteiger partial charge >= 0.3 is 0 Å². The van der Waals surface area contributed by atoms with Crippen molar-refractivity contribution in [3.05, 3.63) is 35.1 Å². The Hall–Kier alpha value is -0.890. The Kier molecular flexibility index (Phi) is 3.82. The number of rotatable bonds is 4. The van der Waals surface area contributed by atoms with Gasteiger partial charge in [0.05, 0.1) is 0 Å². The van der Waals surface area contributed by atoms with Crippen LogP contribution in [-0.2, 0) is 0 Å². The summed E-state index contributed by atoms with van der Waals surface area (Å²) in [7, 11) is 0. The lowest BCUT2D eigenvalue weighted by molar-refractivity contribution is 0.185. The highest BCUT2D eigenvalue weighted by molar-refractivity contribution is 5.29. The Labute approximate surface area is 103 Å². The maximum Gasteiger partial charge on any atom is 0.126 e. The average molecular weight is 235 g/mol. The van der Waals surface area contributed by atoms with Gasteiger partial charge in [0.1, 0.15) is 5.82 Å². The van der Waals surface area contributed by atoms with Crippen molar-refractivity contribution in [3.8, 4) is 0 Å². The molecule has 1 aromatic carbocycles. The third-order valence-electron chi connectivity index (χ3n) is 4.04. The second-order valence-electron chi connectivity index (χ2n) is 5.27. The number of hydrogen-bond donors (Lipinski definition) is 1. The minimum atomic E-state index is -0.0959. The Morgan fingerprint density at radius 3 is 2.76 bits per heavy atom. The van der Waals surface area contributed by atoms with E-state index in [2.05, 4.69) is 19.2 Å². The smallest absolute Gasteiger partial charge is 0.126 e. The molecule has 0 bridgehead atoms. The minimum Gasteiger partial charge on any atom is -0.314 e. The van der Waals surface area contributed by atoms with Crippen LogP contribution in [0.15, 0.2) is 18.2 Å². The summed E-state index contributed by atoms with van der Waals surface area (Å²) >= 11 is 0. The van der Waals surface area contributed by atoms with Crippen LogP contribution >= 0.6 is 0 Å². The molecule has 94 valence electrons. The van der Waals surface area contributed by atoms with Gasteiger partial charge in [0, 0.05) is 6.04 Å². The fourth-order valence-electron chi connectivity index (χ4n) is 2.72. The van der Waals surface area contributed by atoms with Gasteiger partial charge in [-0.25, -0.2) is 4.39 Å². The van der Waals surface area contributed by atoms with E-state index in [4.69, 9.17) is 0 Å². The largest absolute Gasteiger partial charge is 0.314 e. The molecular weight excluding hydrogens is 213 g/mol. The van der Waals surface area contributed by atoms with Crippen LogP contribution in [-0.4, -0.2) is 12.6 Å². The first-order valence-corrected chi connectivity index (χ1v) is 6.63. The predicted molar refractivity (Wildman–Crippen MR) is 69.7 cm³/mol. The first-order chi connectivity index (χ1) is 8.13. The molecule has 17 heavy (non-hydrogen) atoms. The second kappa shape index (κ2) is 5.18. The average Bonchev–Trinajstić information content (AvgIpc) is 2.32. The molecule has 3 atom stereocenters. The van der Waals surface area contributed by atoms with Crippen molar-refractivity contribution in [2.24, 2.45) is 5.92 Å². The molecule has 1 N–H and O–H groups in total. The van der Waals surface area contributed by atoms with Gasteiger partial charge in [-0.15, -0.1) is 0 Å². The summed E-state index contributed by atoms with van der Waals surface area (Å²) in [4.78, 5) is 0. The molecule has 0 amide bonds. The number of hydrogen-bond acceptors (Lipinski definition) is 1. The van der Waals surface area contributed by atoms with Crippen LogP contribution in [0.3, 0.4) is 0 Å². The molecule has 0 aromatic heterocycles. The zero-order valence-electron chi connectivity index (χ0n) is 11.0. The standard InChI is InChI=1S/C15H22FN/c1-4-7-17-15-9-13(11(15)3)12-5-6-14(16)10(2)8-12/h5-6,8,11,13,15,17H,4,7,9H2,1-3H3. The molecule has 3 unspecified atom stereocenters. The van der Waals surface area contributed by atoms with E-state index in [9.17, 15) is 4.39 Å². The third kappa shape index (κ3) is 2.52. The highest BCUT2D eigenvalue weighted by Gasteiger charge is 2.37. The van der Waals surface area contributed by atoms with Crippen molar-refractivity contribution in [1.29, 1.82) is 0 Å². The minimum absolute atomic E-state index is 0.0959. The van der Waals surface area contributed by atoms with Gasteiger partial charge < -0.3 is 5.32 Å². The fraction of sp³-hybridized carbons (Fsp3) is 0.600. The Balaban J connectivity index is 1.99. The molecule has 0 radical (unpaired) electrons. The third-order valence-corrected chi connectivity index (χ3v) is 4.04. The molecule has 1 aliphatic rings. The van der Waals surface area contributed by atoms with Crippen LogP contribution in [0, 0.1) is 18.7 Å². The molecule has 0 heterocycles. The summed E-state index contributed by atoms with van der Waals surface area (Å²) in [5.74, 6) is 1.16. The molecule has 1 aliphatic carbocycles. The lowest BCUT2D eigenvalue weighted by Crippen LogP contribution is -2.48. The fourth-order valence-corrected chi connectivity index (χ4v) is 2.72. The van der Waals surface area contributed by atoms with Crippen LogP contribution in [0.4, 0.5) is 4.39 Å². The van der Waals surface area contributed by atoms with E-state index < -0.39 is 0 Å². The van der Waals surface area contributed by atoms with Gasteiger partial charge in [-0.05, 0) is 55.3 Å². The number of nitrogens with one attached hydrogen (secondary N) is 1. The quantitative estimate of drug-likeness (QED) is 0.840. The van der Waals surface area contributed by atoms with Crippen LogP contribution in [0.25, 0.3) is 0 Å². The van der Waals surface area contributed by atoms with Crippen molar-refractivity contribution in [2.45, 2.75) is 45.6 Å². The van der Waals surface area contributed by atoms with Crippen LogP contribution in [0.2, 0.25) is 0 Å². The van der Waals surface area contributed by atoms with Gasteiger partial charge in [0.15, 0.2) is 0 Å². The Morgan fingerprint density at radius 1 is 1.41 bits per heavy atom. The highest BCUT2D eigenvalue weighted by atomic mass is 19.1. The maximum absolute atomic E-state index is 13.2. The summed E-state index contributed by atoms with van der Waals surface area (Å²) in [5, 5.41) is 3.57. The van der Waals surface area contributed by atoms with Crippen molar-refractivity contribution in [2.75, 3.05) is 6.54 Å². The summed E-state index contributed by atoms with van der Waals surface area (Å²) < 4.78 is 13.2. The van der Waals surface area contributed by atoms with E-state index in [0.29, 0.717) is 17.9 Å².